The molecule has 4 rings (SSSR count). The van der Waals surface area contributed by atoms with Crippen LogP contribution in [-0.4, -0.2) is 46.6 Å². The lowest BCUT2D eigenvalue weighted by Gasteiger charge is -2.21. The van der Waals surface area contributed by atoms with Crippen LogP contribution in [0.5, 0.6) is 11.5 Å². The number of imidazole rings is 1. The van der Waals surface area contributed by atoms with Crippen molar-refractivity contribution in [2.75, 3.05) is 32.2 Å². The molecule has 1 fully saturated rings. The summed E-state index contributed by atoms with van der Waals surface area (Å²) in [6.45, 7) is 2.63. The van der Waals surface area contributed by atoms with Crippen molar-refractivity contribution in [3.05, 3.63) is 24.4 Å². The lowest BCUT2D eigenvalue weighted by Crippen LogP contribution is -2.22. The lowest BCUT2D eigenvalue weighted by molar-refractivity contribution is 0.0699. The third kappa shape index (κ3) is 3.40. The SMILES string of the molecule is COc1cc(-c2cn3nc(NCC4CCOCC4)sc3n2)ccc1O. The first kappa shape index (κ1) is 16.2. The van der Waals surface area contributed by atoms with E-state index in [2.05, 4.69) is 15.4 Å². The first-order valence-corrected chi connectivity index (χ1v) is 9.10. The number of benzene rings is 1. The highest BCUT2D eigenvalue weighted by atomic mass is 32.1. The Morgan fingerprint density at radius 2 is 2.24 bits per heavy atom. The highest BCUT2D eigenvalue weighted by Crippen LogP contribution is 2.32. The standard InChI is InChI=1S/C17H20N4O3S/c1-23-15-8-12(2-3-14(15)22)13-10-21-17(19-13)25-16(20-21)18-9-11-4-6-24-7-5-11/h2-3,8,10-11,22H,4-7,9H2,1H3,(H,18,20). The summed E-state index contributed by atoms with van der Waals surface area (Å²) in [7, 11) is 1.53. The monoisotopic (exact) mass is 360 g/mol. The van der Waals surface area contributed by atoms with Crippen LogP contribution in [0.3, 0.4) is 0 Å². The van der Waals surface area contributed by atoms with E-state index in [1.54, 1.807) is 16.6 Å². The number of fused-ring (bicyclic) bond motifs is 1. The van der Waals surface area contributed by atoms with E-state index in [4.69, 9.17) is 9.47 Å². The molecule has 25 heavy (non-hydrogen) atoms. The summed E-state index contributed by atoms with van der Waals surface area (Å²) < 4.78 is 12.3. The van der Waals surface area contributed by atoms with Crippen molar-refractivity contribution in [2.24, 2.45) is 5.92 Å². The third-order valence-corrected chi connectivity index (χ3v) is 5.28. The molecule has 0 aliphatic carbocycles. The minimum Gasteiger partial charge on any atom is -0.504 e. The van der Waals surface area contributed by atoms with Crippen LogP contribution in [0.2, 0.25) is 0 Å². The molecule has 0 saturated carbocycles. The Balaban J connectivity index is 1.49. The number of ether oxygens (including phenoxy) is 2. The fourth-order valence-corrected chi connectivity index (χ4v) is 3.72. The number of nitrogens with one attached hydrogen (secondary N) is 1. The number of phenolic OH excluding ortho intramolecular Hbond substituents is 1. The molecule has 0 amide bonds. The third-order valence-electron chi connectivity index (χ3n) is 4.40. The first-order chi connectivity index (χ1) is 12.2. The van der Waals surface area contributed by atoms with E-state index in [-0.39, 0.29) is 5.75 Å². The van der Waals surface area contributed by atoms with Gasteiger partial charge in [-0.25, -0.2) is 9.50 Å². The molecule has 0 unspecified atom stereocenters. The molecule has 2 aromatic heterocycles. The Morgan fingerprint density at radius 3 is 3.00 bits per heavy atom. The second-order valence-corrected chi connectivity index (χ2v) is 7.04. The molecule has 0 atom stereocenters. The van der Waals surface area contributed by atoms with Gasteiger partial charge in [0.2, 0.25) is 10.1 Å². The van der Waals surface area contributed by atoms with Gasteiger partial charge in [0.05, 0.1) is 19.0 Å². The second kappa shape index (κ2) is 6.89. The molecule has 3 heterocycles. The molecule has 0 radical (unpaired) electrons. The van der Waals surface area contributed by atoms with Gasteiger partial charge in [0.1, 0.15) is 0 Å². The number of rotatable bonds is 5. The van der Waals surface area contributed by atoms with Crippen LogP contribution in [0, 0.1) is 5.92 Å². The second-order valence-electron chi connectivity index (χ2n) is 6.08. The van der Waals surface area contributed by atoms with Crippen molar-refractivity contribution in [3.8, 4) is 22.8 Å². The maximum absolute atomic E-state index is 9.71. The maximum atomic E-state index is 9.71. The number of phenols is 1. The quantitative estimate of drug-likeness (QED) is 0.728. The maximum Gasteiger partial charge on any atom is 0.214 e. The topological polar surface area (TPSA) is 80.9 Å². The van der Waals surface area contributed by atoms with Crippen LogP contribution in [0.25, 0.3) is 16.2 Å². The zero-order valence-electron chi connectivity index (χ0n) is 13.9. The summed E-state index contributed by atoms with van der Waals surface area (Å²) in [5.74, 6) is 1.19. The molecule has 7 nitrogen and oxygen atoms in total. The normalized spacial score (nSPS) is 15.6. The van der Waals surface area contributed by atoms with Crippen LogP contribution >= 0.6 is 11.3 Å². The molecule has 1 aliphatic heterocycles. The van der Waals surface area contributed by atoms with E-state index >= 15 is 0 Å². The predicted molar refractivity (Wildman–Crippen MR) is 96.5 cm³/mol. The van der Waals surface area contributed by atoms with Gasteiger partial charge < -0.3 is 19.9 Å². The van der Waals surface area contributed by atoms with E-state index in [9.17, 15) is 5.11 Å². The summed E-state index contributed by atoms with van der Waals surface area (Å²) in [6.07, 6.45) is 4.09. The van der Waals surface area contributed by atoms with Crippen LogP contribution < -0.4 is 10.1 Å². The van der Waals surface area contributed by atoms with Crippen LogP contribution in [0.1, 0.15) is 12.8 Å². The largest absolute Gasteiger partial charge is 0.504 e. The van der Waals surface area contributed by atoms with Gasteiger partial charge in [-0.2, -0.15) is 0 Å². The predicted octanol–water partition coefficient (Wildman–Crippen LogP) is 3.01. The molecular weight excluding hydrogens is 340 g/mol. The zero-order chi connectivity index (χ0) is 17.2. The summed E-state index contributed by atoms with van der Waals surface area (Å²) in [6, 6.07) is 5.19. The van der Waals surface area contributed by atoms with Crippen molar-refractivity contribution in [1.82, 2.24) is 14.6 Å². The van der Waals surface area contributed by atoms with Crippen LogP contribution in [0.15, 0.2) is 24.4 Å². The molecule has 1 aromatic carbocycles. The van der Waals surface area contributed by atoms with Gasteiger partial charge in [-0.05, 0) is 37.0 Å². The average molecular weight is 360 g/mol. The molecule has 132 valence electrons. The number of anilines is 1. The Labute approximate surface area is 149 Å². The summed E-state index contributed by atoms with van der Waals surface area (Å²) in [4.78, 5) is 5.46. The molecular formula is C17H20N4O3S. The lowest BCUT2D eigenvalue weighted by atomic mass is 10.0. The Hall–Kier alpha value is -2.32. The van der Waals surface area contributed by atoms with Crippen molar-refractivity contribution in [3.63, 3.8) is 0 Å². The Bertz CT molecular complexity index is 839. The van der Waals surface area contributed by atoms with Crippen molar-refractivity contribution >= 4 is 21.4 Å². The number of hydrogen-bond acceptors (Lipinski definition) is 7. The van der Waals surface area contributed by atoms with Crippen molar-refractivity contribution in [1.29, 1.82) is 0 Å². The van der Waals surface area contributed by atoms with E-state index in [0.29, 0.717) is 11.7 Å². The van der Waals surface area contributed by atoms with Gasteiger partial charge in [0, 0.05) is 25.3 Å². The molecule has 8 heteroatoms. The van der Waals surface area contributed by atoms with Gasteiger partial charge >= 0.3 is 0 Å². The van der Waals surface area contributed by atoms with Crippen LogP contribution in [-0.2, 0) is 4.74 Å². The van der Waals surface area contributed by atoms with E-state index in [1.165, 1.54) is 18.4 Å². The van der Waals surface area contributed by atoms with Crippen molar-refractivity contribution < 1.29 is 14.6 Å². The smallest absolute Gasteiger partial charge is 0.214 e. The van der Waals surface area contributed by atoms with E-state index < -0.39 is 0 Å². The van der Waals surface area contributed by atoms with Gasteiger partial charge in [-0.1, -0.05) is 11.3 Å². The fourth-order valence-electron chi connectivity index (χ4n) is 2.93. The molecule has 2 N–H and O–H groups in total. The molecule has 1 aliphatic rings. The number of aromatic hydroxyl groups is 1. The number of methoxy groups -OCH3 is 1. The van der Waals surface area contributed by atoms with Gasteiger partial charge in [-0.3, -0.25) is 0 Å². The van der Waals surface area contributed by atoms with Gasteiger partial charge in [0.25, 0.3) is 0 Å². The Kier molecular flexibility index (Phi) is 4.46. The first-order valence-electron chi connectivity index (χ1n) is 8.28. The Morgan fingerprint density at radius 1 is 1.40 bits per heavy atom. The number of aromatic nitrogens is 3. The number of hydrogen-bond donors (Lipinski definition) is 2. The molecule has 3 aromatic rings. The number of nitrogens with zero attached hydrogens (tertiary/aromatic N) is 3. The summed E-state index contributed by atoms with van der Waals surface area (Å²) in [5.41, 5.74) is 1.68. The molecule has 0 spiro atoms. The molecule has 0 bridgehead atoms. The highest BCUT2D eigenvalue weighted by Gasteiger charge is 2.15. The fraction of sp³-hybridized carbons (Fsp3) is 0.412. The average Bonchev–Trinajstić information content (AvgIpc) is 3.20. The minimum atomic E-state index is 0.116. The zero-order valence-corrected chi connectivity index (χ0v) is 14.8. The van der Waals surface area contributed by atoms with Gasteiger partial charge in [-0.15, -0.1) is 5.10 Å². The van der Waals surface area contributed by atoms with E-state index in [1.807, 2.05) is 12.3 Å². The van der Waals surface area contributed by atoms with Crippen LogP contribution in [0.4, 0.5) is 5.13 Å². The van der Waals surface area contributed by atoms with E-state index in [0.717, 1.165) is 53.9 Å². The minimum absolute atomic E-state index is 0.116. The molecule has 1 saturated heterocycles. The van der Waals surface area contributed by atoms with Crippen molar-refractivity contribution in [2.45, 2.75) is 12.8 Å². The van der Waals surface area contributed by atoms with Gasteiger partial charge in [0.15, 0.2) is 11.5 Å². The summed E-state index contributed by atoms with van der Waals surface area (Å²) in [5, 5.41) is 18.6. The highest BCUT2D eigenvalue weighted by molar-refractivity contribution is 7.20. The summed E-state index contributed by atoms with van der Waals surface area (Å²) >= 11 is 1.53.